The summed E-state index contributed by atoms with van der Waals surface area (Å²) in [6, 6.07) is 11.3. The monoisotopic (exact) mass is 336 g/mol. The smallest absolute Gasteiger partial charge is 0.268 e. The Balaban J connectivity index is 1.69. The Kier molecular flexibility index (Phi) is 3.81. The van der Waals surface area contributed by atoms with Crippen molar-refractivity contribution in [2.75, 3.05) is 13.7 Å². The van der Waals surface area contributed by atoms with Crippen LogP contribution in [0.5, 0.6) is 11.5 Å². The summed E-state index contributed by atoms with van der Waals surface area (Å²) in [5.41, 5.74) is 2.20. The maximum atomic E-state index is 5.79. The van der Waals surface area contributed by atoms with Crippen LogP contribution >= 0.6 is 0 Å². The van der Waals surface area contributed by atoms with Crippen molar-refractivity contribution >= 4 is 5.65 Å². The molecule has 0 bridgehead atoms. The normalized spacial score (nSPS) is 11.0. The van der Waals surface area contributed by atoms with E-state index in [2.05, 4.69) is 15.2 Å². The maximum absolute atomic E-state index is 5.79. The van der Waals surface area contributed by atoms with Gasteiger partial charge in [0.05, 0.1) is 13.7 Å². The van der Waals surface area contributed by atoms with Crippen LogP contribution in [0.3, 0.4) is 0 Å². The zero-order valence-electron chi connectivity index (χ0n) is 13.8. The molecule has 25 heavy (non-hydrogen) atoms. The number of hydrogen-bond donors (Lipinski definition) is 0. The molecule has 0 aliphatic carbocycles. The van der Waals surface area contributed by atoms with Crippen LogP contribution in [0, 0.1) is 0 Å². The lowest BCUT2D eigenvalue weighted by molar-refractivity contribution is 0.311. The second-order valence-corrected chi connectivity index (χ2v) is 5.30. The van der Waals surface area contributed by atoms with Crippen LogP contribution in [0.2, 0.25) is 0 Å². The summed E-state index contributed by atoms with van der Waals surface area (Å²) < 4.78 is 18.6. The second kappa shape index (κ2) is 6.27. The number of rotatable bonds is 5. The van der Waals surface area contributed by atoms with E-state index < -0.39 is 0 Å². The zero-order chi connectivity index (χ0) is 17.2. The van der Waals surface area contributed by atoms with E-state index in [1.54, 1.807) is 7.11 Å². The topological polar surface area (TPSA) is 74.7 Å². The van der Waals surface area contributed by atoms with Gasteiger partial charge in [-0.25, -0.2) is 4.98 Å². The van der Waals surface area contributed by atoms with E-state index >= 15 is 0 Å². The molecule has 0 saturated carbocycles. The van der Waals surface area contributed by atoms with Crippen LogP contribution in [0.4, 0.5) is 0 Å². The Labute approximate surface area is 143 Å². The Bertz CT molecular complexity index is 989. The van der Waals surface area contributed by atoms with E-state index in [0.717, 1.165) is 11.2 Å². The van der Waals surface area contributed by atoms with Gasteiger partial charge in [0.1, 0.15) is 11.3 Å². The van der Waals surface area contributed by atoms with Crippen LogP contribution in [0.15, 0.2) is 53.2 Å². The summed E-state index contributed by atoms with van der Waals surface area (Å²) in [6.07, 6.45) is 3.77. The van der Waals surface area contributed by atoms with Crippen molar-refractivity contribution in [3.8, 4) is 34.5 Å². The number of fused-ring (bicyclic) bond motifs is 1. The van der Waals surface area contributed by atoms with E-state index in [1.807, 2.05) is 60.1 Å². The standard InChI is InChI=1S/C18H16N4O3/c1-3-24-14-8-7-12(10-15(14)23-2)17-20-21-18(25-17)13-11-22-9-5-4-6-16(22)19-13/h4-11H,3H2,1-2H3. The molecule has 0 unspecified atom stereocenters. The molecular weight excluding hydrogens is 320 g/mol. The number of imidazole rings is 1. The fraction of sp³-hybridized carbons (Fsp3) is 0.167. The summed E-state index contributed by atoms with van der Waals surface area (Å²) in [5.74, 6) is 2.06. The largest absolute Gasteiger partial charge is 0.493 e. The Hall–Kier alpha value is -3.35. The van der Waals surface area contributed by atoms with Gasteiger partial charge < -0.3 is 18.3 Å². The van der Waals surface area contributed by atoms with E-state index in [0.29, 0.717) is 35.6 Å². The van der Waals surface area contributed by atoms with Crippen LogP contribution < -0.4 is 9.47 Å². The van der Waals surface area contributed by atoms with Crippen molar-refractivity contribution in [1.82, 2.24) is 19.6 Å². The molecule has 126 valence electrons. The predicted molar refractivity (Wildman–Crippen MR) is 91.6 cm³/mol. The van der Waals surface area contributed by atoms with Gasteiger partial charge in [0.2, 0.25) is 5.89 Å². The molecular formula is C18H16N4O3. The highest BCUT2D eigenvalue weighted by molar-refractivity contribution is 5.61. The first-order chi connectivity index (χ1) is 12.3. The molecule has 0 radical (unpaired) electrons. The average molecular weight is 336 g/mol. The summed E-state index contributed by atoms with van der Waals surface area (Å²) in [7, 11) is 1.59. The number of ether oxygens (including phenoxy) is 2. The molecule has 7 heteroatoms. The molecule has 7 nitrogen and oxygen atoms in total. The lowest BCUT2D eigenvalue weighted by atomic mass is 10.2. The number of methoxy groups -OCH3 is 1. The van der Waals surface area contributed by atoms with Crippen LogP contribution in [0.25, 0.3) is 28.7 Å². The molecule has 0 N–H and O–H groups in total. The van der Waals surface area contributed by atoms with Gasteiger partial charge in [-0.2, -0.15) is 0 Å². The van der Waals surface area contributed by atoms with Gasteiger partial charge >= 0.3 is 0 Å². The first-order valence-corrected chi connectivity index (χ1v) is 7.87. The van der Waals surface area contributed by atoms with Gasteiger partial charge in [0, 0.05) is 18.0 Å². The lowest BCUT2D eigenvalue weighted by Crippen LogP contribution is -1.95. The molecule has 0 saturated heterocycles. The summed E-state index contributed by atoms with van der Waals surface area (Å²) in [4.78, 5) is 4.48. The third kappa shape index (κ3) is 2.80. The zero-order valence-corrected chi connectivity index (χ0v) is 13.8. The molecule has 0 atom stereocenters. The number of benzene rings is 1. The van der Waals surface area contributed by atoms with E-state index in [4.69, 9.17) is 13.9 Å². The predicted octanol–water partition coefficient (Wildman–Crippen LogP) is 3.46. The Morgan fingerprint density at radius 2 is 1.96 bits per heavy atom. The van der Waals surface area contributed by atoms with Gasteiger partial charge in [-0.15, -0.1) is 10.2 Å². The third-order valence-electron chi connectivity index (χ3n) is 3.72. The van der Waals surface area contributed by atoms with E-state index in [9.17, 15) is 0 Å². The molecule has 4 aromatic rings. The van der Waals surface area contributed by atoms with Crippen molar-refractivity contribution in [1.29, 1.82) is 0 Å². The van der Waals surface area contributed by atoms with Crippen molar-refractivity contribution in [2.45, 2.75) is 6.92 Å². The lowest BCUT2D eigenvalue weighted by Gasteiger charge is -2.09. The number of aromatic nitrogens is 4. The van der Waals surface area contributed by atoms with Gasteiger partial charge in [-0.05, 0) is 37.3 Å². The van der Waals surface area contributed by atoms with Crippen molar-refractivity contribution in [2.24, 2.45) is 0 Å². The minimum Gasteiger partial charge on any atom is -0.493 e. The van der Waals surface area contributed by atoms with Crippen molar-refractivity contribution in [3.05, 3.63) is 48.8 Å². The summed E-state index contributed by atoms with van der Waals surface area (Å²) >= 11 is 0. The highest BCUT2D eigenvalue weighted by atomic mass is 16.5. The van der Waals surface area contributed by atoms with E-state index in [-0.39, 0.29) is 0 Å². The fourth-order valence-electron chi connectivity index (χ4n) is 2.56. The number of pyridine rings is 1. The molecule has 3 aromatic heterocycles. The number of nitrogens with zero attached hydrogens (tertiary/aromatic N) is 4. The SMILES string of the molecule is CCOc1ccc(-c2nnc(-c3cn4ccccc4n3)o2)cc1OC. The molecule has 3 heterocycles. The summed E-state index contributed by atoms with van der Waals surface area (Å²) in [5, 5.41) is 8.23. The Morgan fingerprint density at radius 1 is 1.08 bits per heavy atom. The minimum absolute atomic E-state index is 0.367. The minimum atomic E-state index is 0.367. The van der Waals surface area contributed by atoms with Crippen molar-refractivity contribution in [3.63, 3.8) is 0 Å². The first kappa shape index (κ1) is 15.2. The third-order valence-corrected chi connectivity index (χ3v) is 3.72. The molecule has 0 aliphatic rings. The average Bonchev–Trinajstić information content (AvgIpc) is 3.29. The van der Waals surface area contributed by atoms with Gasteiger partial charge in [0.15, 0.2) is 11.5 Å². The van der Waals surface area contributed by atoms with Crippen molar-refractivity contribution < 1.29 is 13.9 Å². The molecule has 4 rings (SSSR count). The molecule has 1 aromatic carbocycles. The maximum Gasteiger partial charge on any atom is 0.268 e. The quantitative estimate of drug-likeness (QED) is 0.555. The highest BCUT2D eigenvalue weighted by Gasteiger charge is 2.15. The van der Waals surface area contributed by atoms with Crippen LogP contribution in [0.1, 0.15) is 6.92 Å². The summed E-state index contributed by atoms with van der Waals surface area (Å²) in [6.45, 7) is 2.49. The van der Waals surface area contributed by atoms with E-state index in [1.165, 1.54) is 0 Å². The van der Waals surface area contributed by atoms with Crippen LogP contribution in [-0.4, -0.2) is 33.3 Å². The molecule has 0 aliphatic heterocycles. The molecule has 0 spiro atoms. The highest BCUT2D eigenvalue weighted by Crippen LogP contribution is 2.33. The van der Waals surface area contributed by atoms with Crippen LogP contribution in [-0.2, 0) is 0 Å². The first-order valence-electron chi connectivity index (χ1n) is 7.87. The Morgan fingerprint density at radius 3 is 2.76 bits per heavy atom. The fourth-order valence-corrected chi connectivity index (χ4v) is 2.56. The number of hydrogen-bond acceptors (Lipinski definition) is 6. The van der Waals surface area contributed by atoms with Gasteiger partial charge in [0.25, 0.3) is 5.89 Å². The van der Waals surface area contributed by atoms with Gasteiger partial charge in [-0.1, -0.05) is 6.07 Å². The van der Waals surface area contributed by atoms with Gasteiger partial charge in [-0.3, -0.25) is 0 Å². The molecule has 0 fully saturated rings. The molecule has 0 amide bonds. The second-order valence-electron chi connectivity index (χ2n) is 5.30.